The summed E-state index contributed by atoms with van der Waals surface area (Å²) in [6.07, 6.45) is 1.88. The van der Waals surface area contributed by atoms with E-state index in [1.807, 2.05) is 0 Å². The van der Waals surface area contributed by atoms with Crippen LogP contribution in [0, 0.1) is 0 Å². The van der Waals surface area contributed by atoms with E-state index in [0.717, 1.165) is 18.2 Å². The highest BCUT2D eigenvalue weighted by Crippen LogP contribution is 2.20. The van der Waals surface area contributed by atoms with E-state index < -0.39 is 18.2 Å². The van der Waals surface area contributed by atoms with Gasteiger partial charge in [-0.1, -0.05) is 0 Å². The summed E-state index contributed by atoms with van der Waals surface area (Å²) in [6.45, 7) is -0.424. The summed E-state index contributed by atoms with van der Waals surface area (Å²) in [6, 6.07) is 1.07. The van der Waals surface area contributed by atoms with Crippen molar-refractivity contribution in [2.75, 3.05) is 7.11 Å². The molecule has 1 rings (SSSR count). The van der Waals surface area contributed by atoms with E-state index in [4.69, 9.17) is 19.4 Å². The van der Waals surface area contributed by atoms with Gasteiger partial charge in [0, 0.05) is 6.08 Å². The van der Waals surface area contributed by atoms with Gasteiger partial charge in [0.05, 0.1) is 25.3 Å². The minimum atomic E-state index is -1.19. The van der Waals surface area contributed by atoms with Crippen molar-refractivity contribution in [1.82, 2.24) is 0 Å². The summed E-state index contributed by atoms with van der Waals surface area (Å²) in [4.78, 5) is 21.4. The molecular formula is C10H10O6. The van der Waals surface area contributed by atoms with Crippen molar-refractivity contribution >= 4 is 12.0 Å². The second-order valence-corrected chi connectivity index (χ2v) is 2.81. The Morgan fingerprint density at radius 1 is 1.62 bits per heavy atom. The molecule has 6 nitrogen and oxygen atoms in total. The first-order valence-electron chi connectivity index (χ1n) is 4.31. The molecule has 0 saturated heterocycles. The number of methoxy groups -OCH3 is 1. The lowest BCUT2D eigenvalue weighted by Gasteiger charge is -2.06. The Morgan fingerprint density at radius 3 is 2.81 bits per heavy atom. The second kappa shape index (κ2) is 5.13. The Labute approximate surface area is 90.4 Å². The van der Waals surface area contributed by atoms with Gasteiger partial charge in [0.1, 0.15) is 11.5 Å². The molecule has 0 amide bonds. The second-order valence-electron chi connectivity index (χ2n) is 2.81. The molecule has 1 aromatic rings. The van der Waals surface area contributed by atoms with Crippen molar-refractivity contribution in [3.8, 4) is 5.75 Å². The number of hydrogen-bond donors (Lipinski definition) is 2. The quantitative estimate of drug-likeness (QED) is 0.713. The van der Waals surface area contributed by atoms with Gasteiger partial charge in [-0.2, -0.15) is 0 Å². The van der Waals surface area contributed by atoms with E-state index in [9.17, 15) is 9.59 Å². The summed E-state index contributed by atoms with van der Waals surface area (Å²) in [5.74, 6) is -1.06. The van der Waals surface area contributed by atoms with Gasteiger partial charge in [0.25, 0.3) is 0 Å². The van der Waals surface area contributed by atoms with Crippen LogP contribution in [0.4, 0.5) is 0 Å². The highest BCUT2D eigenvalue weighted by atomic mass is 16.5. The SMILES string of the molecule is COc1cc(=O)oc(C=CC(=O)O)c1CO. The molecule has 16 heavy (non-hydrogen) atoms. The van der Waals surface area contributed by atoms with Gasteiger partial charge >= 0.3 is 11.6 Å². The van der Waals surface area contributed by atoms with E-state index in [-0.39, 0.29) is 17.1 Å². The van der Waals surface area contributed by atoms with Gasteiger partial charge in [0.2, 0.25) is 0 Å². The minimum Gasteiger partial charge on any atom is -0.496 e. The van der Waals surface area contributed by atoms with E-state index in [2.05, 4.69) is 0 Å². The van der Waals surface area contributed by atoms with Gasteiger partial charge < -0.3 is 19.4 Å². The molecular weight excluding hydrogens is 216 g/mol. The van der Waals surface area contributed by atoms with E-state index in [1.54, 1.807) is 0 Å². The molecule has 86 valence electrons. The fourth-order valence-corrected chi connectivity index (χ4v) is 1.13. The van der Waals surface area contributed by atoms with Gasteiger partial charge in [0.15, 0.2) is 0 Å². The van der Waals surface area contributed by atoms with Crippen molar-refractivity contribution in [3.63, 3.8) is 0 Å². The van der Waals surface area contributed by atoms with Gasteiger partial charge in [-0.25, -0.2) is 9.59 Å². The van der Waals surface area contributed by atoms with Gasteiger partial charge in [-0.15, -0.1) is 0 Å². The predicted octanol–water partition coefficient (Wildman–Crippen LogP) is 0.238. The summed E-state index contributed by atoms with van der Waals surface area (Å²) < 4.78 is 9.61. The van der Waals surface area contributed by atoms with Crippen LogP contribution in [0.25, 0.3) is 6.08 Å². The van der Waals surface area contributed by atoms with Crippen LogP contribution in [0.3, 0.4) is 0 Å². The molecule has 0 aromatic carbocycles. The van der Waals surface area contributed by atoms with Crippen molar-refractivity contribution in [3.05, 3.63) is 33.9 Å². The number of carboxylic acids is 1. The summed E-state index contributed by atoms with van der Waals surface area (Å²) >= 11 is 0. The molecule has 0 aliphatic carbocycles. The van der Waals surface area contributed by atoms with Crippen LogP contribution in [-0.2, 0) is 11.4 Å². The first-order valence-corrected chi connectivity index (χ1v) is 4.31. The zero-order valence-corrected chi connectivity index (χ0v) is 8.47. The number of rotatable bonds is 4. The molecule has 1 heterocycles. The lowest BCUT2D eigenvalue weighted by atomic mass is 10.2. The summed E-state index contributed by atoms with van der Waals surface area (Å²) in [5.41, 5.74) is -0.460. The molecule has 6 heteroatoms. The molecule has 0 fully saturated rings. The maximum atomic E-state index is 11.1. The third kappa shape index (κ3) is 2.71. The van der Waals surface area contributed by atoms with Crippen LogP contribution < -0.4 is 10.4 Å². The fraction of sp³-hybridized carbons (Fsp3) is 0.200. The number of ether oxygens (including phenoxy) is 1. The van der Waals surface area contributed by atoms with Gasteiger partial charge in [-0.05, 0) is 6.08 Å². The molecule has 0 radical (unpaired) electrons. The average molecular weight is 226 g/mol. The number of carbonyl (C=O) groups is 1. The predicted molar refractivity (Wildman–Crippen MR) is 54.1 cm³/mol. The maximum Gasteiger partial charge on any atom is 0.339 e. The number of aliphatic carboxylic acids is 1. The Bertz CT molecular complexity index is 471. The van der Waals surface area contributed by atoms with Crippen molar-refractivity contribution in [2.24, 2.45) is 0 Å². The van der Waals surface area contributed by atoms with Crippen LogP contribution in [0.5, 0.6) is 5.75 Å². The largest absolute Gasteiger partial charge is 0.496 e. The number of carboxylic acid groups (broad SMARTS) is 1. The molecule has 0 aliphatic heterocycles. The normalized spacial score (nSPS) is 10.6. The standard InChI is InChI=1S/C10H10O6/c1-15-8-4-10(14)16-7(6(8)5-11)2-3-9(12)13/h2-4,11H,5H2,1H3,(H,12,13). The zero-order valence-electron chi connectivity index (χ0n) is 8.47. The first-order chi connectivity index (χ1) is 7.58. The zero-order chi connectivity index (χ0) is 12.1. The Hall–Kier alpha value is -2.08. The topological polar surface area (TPSA) is 97.0 Å². The van der Waals surface area contributed by atoms with Crippen molar-refractivity contribution in [2.45, 2.75) is 6.61 Å². The number of aliphatic hydroxyl groups is 1. The van der Waals surface area contributed by atoms with Crippen LogP contribution >= 0.6 is 0 Å². The summed E-state index contributed by atoms with van der Waals surface area (Å²) in [5, 5.41) is 17.5. The number of hydrogen-bond acceptors (Lipinski definition) is 5. The molecule has 0 saturated carbocycles. The minimum absolute atomic E-state index is 0.0331. The third-order valence-corrected chi connectivity index (χ3v) is 1.81. The van der Waals surface area contributed by atoms with Crippen LogP contribution in [0.1, 0.15) is 11.3 Å². The Morgan fingerprint density at radius 2 is 2.31 bits per heavy atom. The van der Waals surface area contributed by atoms with E-state index in [0.29, 0.717) is 0 Å². The van der Waals surface area contributed by atoms with E-state index in [1.165, 1.54) is 7.11 Å². The highest BCUT2D eigenvalue weighted by Gasteiger charge is 2.10. The fourth-order valence-electron chi connectivity index (χ4n) is 1.13. The molecule has 0 atom stereocenters. The lowest BCUT2D eigenvalue weighted by molar-refractivity contribution is -0.131. The Balaban J connectivity index is 3.30. The molecule has 0 aliphatic rings. The Kier molecular flexibility index (Phi) is 3.84. The molecule has 0 bridgehead atoms. The van der Waals surface area contributed by atoms with Crippen molar-refractivity contribution in [1.29, 1.82) is 0 Å². The summed E-state index contributed by atoms with van der Waals surface area (Å²) in [7, 11) is 1.33. The first kappa shape index (κ1) is 12.0. The van der Waals surface area contributed by atoms with Crippen molar-refractivity contribution < 1.29 is 24.2 Å². The monoisotopic (exact) mass is 226 g/mol. The van der Waals surface area contributed by atoms with Gasteiger partial charge in [-0.3, -0.25) is 0 Å². The smallest absolute Gasteiger partial charge is 0.339 e. The highest BCUT2D eigenvalue weighted by molar-refractivity contribution is 5.85. The van der Waals surface area contributed by atoms with Crippen LogP contribution in [0.15, 0.2) is 21.4 Å². The maximum absolute atomic E-state index is 11.1. The molecule has 0 spiro atoms. The number of aliphatic hydroxyl groups excluding tert-OH is 1. The van der Waals surface area contributed by atoms with E-state index >= 15 is 0 Å². The molecule has 1 aromatic heterocycles. The average Bonchev–Trinajstić information content (AvgIpc) is 2.25. The molecule has 2 N–H and O–H groups in total. The molecule has 0 unspecified atom stereocenters. The lowest BCUT2D eigenvalue weighted by Crippen LogP contribution is -2.05. The third-order valence-electron chi connectivity index (χ3n) is 1.81. The van der Waals surface area contributed by atoms with Crippen LogP contribution in [0.2, 0.25) is 0 Å². The van der Waals surface area contributed by atoms with Crippen LogP contribution in [-0.4, -0.2) is 23.3 Å².